The van der Waals surface area contributed by atoms with Gasteiger partial charge in [-0.1, -0.05) is 0 Å². The highest BCUT2D eigenvalue weighted by Gasteiger charge is 1.87. The summed E-state index contributed by atoms with van der Waals surface area (Å²) in [5.74, 6) is -0.933. The molecule has 0 rings (SSSR count). The molecular weight excluding hydrogens is 111 g/mol. The lowest BCUT2D eigenvalue weighted by Gasteiger charge is -1.83. The lowest BCUT2D eigenvalue weighted by Crippen LogP contribution is -2.02. The summed E-state index contributed by atoms with van der Waals surface area (Å²) in [5, 5.41) is 7.79. The molecule has 0 amide bonds. The molecule has 0 aromatic rings. The Morgan fingerprint density at radius 2 is 2.29 bits per heavy atom. The molecule has 3 nitrogen and oxygen atoms in total. The molecule has 0 fully saturated rings. The van der Waals surface area contributed by atoms with Gasteiger partial charge in [0.1, 0.15) is 6.61 Å². The molecule has 0 aliphatic heterocycles. The van der Waals surface area contributed by atoms with E-state index in [1.807, 2.05) is 0 Å². The number of hydrogen-bond acceptors (Lipinski definition) is 2. The van der Waals surface area contributed by atoms with Crippen LogP contribution in [-0.4, -0.2) is 42.2 Å². The van der Waals surface area contributed by atoms with Gasteiger partial charge < -0.3 is 9.84 Å². The van der Waals surface area contributed by atoms with Crippen molar-refractivity contribution in [3.8, 4) is 0 Å². The van der Waals surface area contributed by atoms with Crippen molar-refractivity contribution >= 4 is 23.3 Å². The number of carboxylic acid groups (broad SMARTS) is 1. The maximum atomic E-state index is 9.47. The van der Waals surface area contributed by atoms with Crippen molar-refractivity contribution in [2.75, 3.05) is 13.7 Å². The van der Waals surface area contributed by atoms with E-state index in [4.69, 9.17) is 5.11 Å². The largest absolute Gasteiger partial charge is 0.480 e. The Hall–Kier alpha value is -0.0375. The number of ether oxygens (including phenoxy) is 1. The number of aliphatic carboxylic acids is 1. The van der Waals surface area contributed by atoms with Crippen molar-refractivity contribution in [2.24, 2.45) is 0 Å². The van der Waals surface area contributed by atoms with Crippen molar-refractivity contribution in [1.29, 1.82) is 0 Å². The molecule has 4 heteroatoms. The van der Waals surface area contributed by atoms with Crippen LogP contribution in [0.4, 0.5) is 0 Å². The molecular formula is C3H9AlO3. The van der Waals surface area contributed by atoms with Crippen LogP contribution in [0, 0.1) is 0 Å². The molecule has 0 aliphatic carbocycles. The molecule has 0 aromatic heterocycles. The van der Waals surface area contributed by atoms with E-state index in [9.17, 15) is 4.79 Å². The van der Waals surface area contributed by atoms with Crippen LogP contribution < -0.4 is 0 Å². The van der Waals surface area contributed by atoms with Gasteiger partial charge in [0, 0.05) is 7.11 Å². The highest BCUT2D eigenvalue weighted by Crippen LogP contribution is 1.61. The second kappa shape index (κ2) is 5.96. The SMILES string of the molecule is COCC(=O)O.[AlH3]. The van der Waals surface area contributed by atoms with Crippen LogP contribution >= 0.6 is 0 Å². The predicted octanol–water partition coefficient (Wildman–Crippen LogP) is -1.47. The third kappa shape index (κ3) is 10.7. The number of carbonyl (C=O) groups is 1. The Morgan fingerprint density at radius 3 is 2.29 bits per heavy atom. The Kier molecular flexibility index (Phi) is 8.56. The normalized spacial score (nSPS) is 7.00. The molecule has 0 aromatic carbocycles. The third-order valence-electron chi connectivity index (χ3n) is 0.268. The zero-order chi connectivity index (χ0) is 4.99. The van der Waals surface area contributed by atoms with E-state index in [2.05, 4.69) is 4.74 Å². The smallest absolute Gasteiger partial charge is 0.329 e. The fraction of sp³-hybridized carbons (Fsp3) is 0.667. The molecule has 1 N–H and O–H groups in total. The van der Waals surface area contributed by atoms with Gasteiger partial charge in [0.05, 0.1) is 0 Å². The first-order valence-corrected chi connectivity index (χ1v) is 1.48. The summed E-state index contributed by atoms with van der Waals surface area (Å²) in [5.41, 5.74) is 0. The summed E-state index contributed by atoms with van der Waals surface area (Å²) >= 11 is 0. The maximum absolute atomic E-state index is 9.47. The van der Waals surface area contributed by atoms with Crippen LogP contribution in [0.5, 0.6) is 0 Å². The lowest BCUT2D eigenvalue weighted by molar-refractivity contribution is -0.141. The molecule has 42 valence electrons. The van der Waals surface area contributed by atoms with Crippen molar-refractivity contribution in [3.05, 3.63) is 0 Å². The van der Waals surface area contributed by atoms with Gasteiger partial charge in [0.2, 0.25) is 0 Å². The Labute approximate surface area is 52.4 Å². The van der Waals surface area contributed by atoms with Gasteiger partial charge in [-0.25, -0.2) is 4.79 Å². The number of rotatable bonds is 2. The Morgan fingerprint density at radius 1 is 1.86 bits per heavy atom. The minimum Gasteiger partial charge on any atom is -0.480 e. The fourth-order valence-electron chi connectivity index (χ4n) is 0.123. The molecule has 0 atom stereocenters. The van der Waals surface area contributed by atoms with E-state index < -0.39 is 5.97 Å². The summed E-state index contributed by atoms with van der Waals surface area (Å²) in [6.07, 6.45) is 0. The highest BCUT2D eigenvalue weighted by atomic mass is 27.0. The molecule has 0 saturated carbocycles. The quantitative estimate of drug-likeness (QED) is 0.453. The number of methoxy groups -OCH3 is 1. The monoisotopic (exact) mass is 120 g/mol. The molecule has 0 heterocycles. The number of hydrogen-bond donors (Lipinski definition) is 1. The zero-order valence-corrected chi connectivity index (χ0v) is 3.47. The standard InChI is InChI=1S/C3H6O3.Al.3H/c1-6-2-3(4)5;;;;/h2H2,1H3,(H,4,5);;;;. The van der Waals surface area contributed by atoms with Crippen molar-refractivity contribution in [3.63, 3.8) is 0 Å². The first-order valence-electron chi connectivity index (χ1n) is 1.48. The van der Waals surface area contributed by atoms with Crippen molar-refractivity contribution in [2.45, 2.75) is 0 Å². The first-order chi connectivity index (χ1) is 2.77. The molecule has 7 heavy (non-hydrogen) atoms. The van der Waals surface area contributed by atoms with Gasteiger partial charge >= 0.3 is 5.97 Å². The van der Waals surface area contributed by atoms with E-state index in [0.29, 0.717) is 0 Å². The van der Waals surface area contributed by atoms with Crippen LogP contribution in [0.1, 0.15) is 0 Å². The van der Waals surface area contributed by atoms with Crippen molar-refractivity contribution in [1.82, 2.24) is 0 Å². The zero-order valence-electron chi connectivity index (χ0n) is 3.47. The van der Waals surface area contributed by atoms with Crippen LogP contribution in [0.2, 0.25) is 0 Å². The lowest BCUT2D eigenvalue weighted by atomic mass is 10.8. The summed E-state index contributed by atoms with van der Waals surface area (Å²) in [7, 11) is 1.34. The molecule has 0 saturated heterocycles. The van der Waals surface area contributed by atoms with E-state index in [-0.39, 0.29) is 24.0 Å². The summed E-state index contributed by atoms with van der Waals surface area (Å²) in [6.45, 7) is -0.208. The van der Waals surface area contributed by atoms with Crippen molar-refractivity contribution < 1.29 is 14.6 Å². The summed E-state index contributed by atoms with van der Waals surface area (Å²) in [6, 6.07) is 0. The molecule has 0 spiro atoms. The van der Waals surface area contributed by atoms with Gasteiger partial charge in [-0.3, -0.25) is 0 Å². The van der Waals surface area contributed by atoms with Gasteiger partial charge in [-0.2, -0.15) is 0 Å². The first kappa shape index (κ1) is 10.1. The van der Waals surface area contributed by atoms with E-state index >= 15 is 0 Å². The van der Waals surface area contributed by atoms with Crippen LogP contribution in [0.25, 0.3) is 0 Å². The Bertz CT molecular complexity index is 54.1. The van der Waals surface area contributed by atoms with E-state index in [0.717, 1.165) is 0 Å². The van der Waals surface area contributed by atoms with Gasteiger partial charge in [-0.15, -0.1) is 0 Å². The topological polar surface area (TPSA) is 46.5 Å². The van der Waals surface area contributed by atoms with Gasteiger partial charge in [-0.05, 0) is 0 Å². The second-order valence-corrected chi connectivity index (χ2v) is 0.827. The fourth-order valence-corrected chi connectivity index (χ4v) is 0.123. The van der Waals surface area contributed by atoms with E-state index in [1.165, 1.54) is 7.11 Å². The van der Waals surface area contributed by atoms with Gasteiger partial charge in [0.25, 0.3) is 0 Å². The third-order valence-corrected chi connectivity index (χ3v) is 0.268. The molecule has 0 radical (unpaired) electrons. The maximum Gasteiger partial charge on any atom is 0.329 e. The van der Waals surface area contributed by atoms with Gasteiger partial charge in [0.15, 0.2) is 17.4 Å². The minimum absolute atomic E-state index is 0. The average Bonchev–Trinajstić information content (AvgIpc) is 1.35. The predicted molar refractivity (Wildman–Crippen MR) is 29.5 cm³/mol. The van der Waals surface area contributed by atoms with Crippen LogP contribution in [0.15, 0.2) is 0 Å². The summed E-state index contributed by atoms with van der Waals surface area (Å²) < 4.78 is 4.20. The number of carboxylic acids is 1. The minimum atomic E-state index is -0.933. The molecule has 0 unspecified atom stereocenters. The highest BCUT2D eigenvalue weighted by molar-refractivity contribution is 5.75. The second-order valence-electron chi connectivity index (χ2n) is 0.827. The summed E-state index contributed by atoms with van der Waals surface area (Å²) in [4.78, 5) is 9.47. The average molecular weight is 120 g/mol. The van der Waals surface area contributed by atoms with Crippen LogP contribution in [-0.2, 0) is 9.53 Å². The van der Waals surface area contributed by atoms with E-state index in [1.54, 1.807) is 0 Å². The molecule has 0 aliphatic rings. The molecule has 0 bridgehead atoms. The Balaban J connectivity index is 0. The van der Waals surface area contributed by atoms with Crippen LogP contribution in [0.3, 0.4) is 0 Å².